The van der Waals surface area contributed by atoms with Crippen LogP contribution in [0.25, 0.3) is 16.6 Å². The molecule has 150 valence electrons. The van der Waals surface area contributed by atoms with E-state index in [2.05, 4.69) is 37.3 Å². The highest BCUT2D eigenvalue weighted by atomic mass is 16.5. The zero-order valence-corrected chi connectivity index (χ0v) is 16.5. The van der Waals surface area contributed by atoms with Gasteiger partial charge in [-0.05, 0) is 36.3 Å². The van der Waals surface area contributed by atoms with E-state index in [1.165, 1.54) is 11.8 Å². The molecule has 1 aliphatic heterocycles. The maximum absolute atomic E-state index is 5.92. The average molecular weight is 392 g/mol. The summed E-state index contributed by atoms with van der Waals surface area (Å²) in [5, 5.41) is 9.94. The normalized spacial score (nSPS) is 14.7. The van der Waals surface area contributed by atoms with E-state index >= 15 is 0 Å². The molecule has 0 unspecified atom stereocenters. The summed E-state index contributed by atoms with van der Waals surface area (Å²) < 4.78 is 5.17. The smallest absolute Gasteiger partial charge is 0.169 e. The number of nitrogens with zero attached hydrogens (tertiary/aromatic N) is 3. The molecule has 0 radical (unpaired) electrons. The molecule has 0 saturated heterocycles. The Morgan fingerprint density at radius 3 is 3.00 bits per heavy atom. The topological polar surface area (TPSA) is 118 Å². The second-order valence-corrected chi connectivity index (χ2v) is 7.08. The van der Waals surface area contributed by atoms with Gasteiger partial charge >= 0.3 is 0 Å². The van der Waals surface area contributed by atoms with E-state index in [4.69, 9.17) is 15.9 Å². The number of aromatic nitrogens is 3. The van der Waals surface area contributed by atoms with Gasteiger partial charge in [-0.15, -0.1) is 0 Å². The Morgan fingerprint density at radius 1 is 1.34 bits per heavy atom. The number of fused-ring (bicyclic) bond motifs is 1. The van der Waals surface area contributed by atoms with E-state index in [9.17, 15) is 0 Å². The van der Waals surface area contributed by atoms with Crippen LogP contribution in [0.4, 0.5) is 17.2 Å². The third-order valence-electron chi connectivity index (χ3n) is 5.21. The summed E-state index contributed by atoms with van der Waals surface area (Å²) in [7, 11) is 1.74. The number of anilines is 3. The monoisotopic (exact) mass is 392 g/mol. The molecule has 3 heterocycles. The zero-order valence-electron chi connectivity index (χ0n) is 16.5. The first kappa shape index (κ1) is 19.1. The SMILES string of the molecule is COCCN1CC=C(c2cc3c(Nc4ccc(N)c(C=[NH2+])c4)ncnc3[nH]2)CC1. The van der Waals surface area contributed by atoms with Crippen LogP contribution in [0, 0.1) is 0 Å². The fourth-order valence-electron chi connectivity index (χ4n) is 3.53. The zero-order chi connectivity index (χ0) is 20.2. The van der Waals surface area contributed by atoms with Gasteiger partial charge in [0.25, 0.3) is 0 Å². The van der Waals surface area contributed by atoms with Gasteiger partial charge in [0.1, 0.15) is 17.8 Å². The molecular weight excluding hydrogens is 366 g/mol. The molecule has 0 amide bonds. The van der Waals surface area contributed by atoms with E-state index in [0.717, 1.165) is 66.5 Å². The van der Waals surface area contributed by atoms with Gasteiger partial charge < -0.3 is 20.8 Å². The molecule has 0 atom stereocenters. The number of hydrogen-bond donors (Lipinski definition) is 4. The van der Waals surface area contributed by atoms with Crippen molar-refractivity contribution in [1.29, 1.82) is 0 Å². The maximum atomic E-state index is 5.92. The van der Waals surface area contributed by atoms with Crippen molar-refractivity contribution in [2.45, 2.75) is 6.42 Å². The lowest BCUT2D eigenvalue weighted by molar-refractivity contribution is -0.104. The molecule has 0 spiro atoms. The Kier molecular flexibility index (Phi) is 5.55. The third-order valence-corrected chi connectivity index (χ3v) is 5.21. The quantitative estimate of drug-likeness (QED) is 0.354. The van der Waals surface area contributed by atoms with E-state index in [-0.39, 0.29) is 0 Å². The fraction of sp³-hybridized carbons (Fsp3) is 0.286. The van der Waals surface area contributed by atoms with E-state index < -0.39 is 0 Å². The first-order valence-electron chi connectivity index (χ1n) is 9.64. The second-order valence-electron chi connectivity index (χ2n) is 7.08. The van der Waals surface area contributed by atoms with Gasteiger partial charge in [-0.1, -0.05) is 6.08 Å². The van der Waals surface area contributed by atoms with Gasteiger partial charge in [-0.3, -0.25) is 10.3 Å². The van der Waals surface area contributed by atoms with Crippen molar-refractivity contribution >= 4 is 40.0 Å². The van der Waals surface area contributed by atoms with Crippen molar-refractivity contribution in [1.82, 2.24) is 19.9 Å². The minimum absolute atomic E-state index is 0.638. The predicted molar refractivity (Wildman–Crippen MR) is 116 cm³/mol. The Balaban J connectivity index is 1.58. The molecule has 0 aliphatic carbocycles. The summed E-state index contributed by atoms with van der Waals surface area (Å²) >= 11 is 0. The lowest BCUT2D eigenvalue weighted by Crippen LogP contribution is -2.31. The highest BCUT2D eigenvalue weighted by molar-refractivity contribution is 5.93. The summed E-state index contributed by atoms with van der Waals surface area (Å²) in [6.45, 7) is 3.66. The summed E-state index contributed by atoms with van der Waals surface area (Å²) in [5.41, 5.74) is 11.4. The van der Waals surface area contributed by atoms with Gasteiger partial charge in [-0.2, -0.15) is 0 Å². The first-order valence-corrected chi connectivity index (χ1v) is 9.64. The van der Waals surface area contributed by atoms with Gasteiger partial charge in [0.15, 0.2) is 6.21 Å². The Labute approximate surface area is 169 Å². The molecule has 1 aliphatic rings. The molecular formula is C21H26N7O+. The minimum atomic E-state index is 0.638. The van der Waals surface area contributed by atoms with Crippen LogP contribution < -0.4 is 16.5 Å². The molecule has 2 aromatic heterocycles. The number of ether oxygens (including phenoxy) is 1. The van der Waals surface area contributed by atoms with Crippen molar-refractivity contribution in [3.63, 3.8) is 0 Å². The number of benzene rings is 1. The van der Waals surface area contributed by atoms with Crippen molar-refractivity contribution < 1.29 is 10.1 Å². The van der Waals surface area contributed by atoms with Crippen LogP contribution in [-0.2, 0) is 4.74 Å². The van der Waals surface area contributed by atoms with Crippen LogP contribution in [0.5, 0.6) is 0 Å². The largest absolute Gasteiger partial charge is 0.398 e. The molecule has 6 N–H and O–H groups in total. The summed E-state index contributed by atoms with van der Waals surface area (Å²) in [6.07, 6.45) is 6.31. The Morgan fingerprint density at radius 2 is 2.24 bits per heavy atom. The third kappa shape index (κ3) is 4.13. The lowest BCUT2D eigenvalue weighted by atomic mass is 10.0. The molecule has 1 aromatic carbocycles. The molecule has 8 nitrogen and oxygen atoms in total. The molecule has 0 bridgehead atoms. The van der Waals surface area contributed by atoms with Crippen LogP contribution in [0.1, 0.15) is 17.7 Å². The van der Waals surface area contributed by atoms with Crippen molar-refractivity contribution in [3.05, 3.63) is 47.9 Å². The van der Waals surface area contributed by atoms with Gasteiger partial charge in [0, 0.05) is 43.8 Å². The van der Waals surface area contributed by atoms with E-state index in [0.29, 0.717) is 5.69 Å². The first-order chi connectivity index (χ1) is 14.2. The van der Waals surface area contributed by atoms with Gasteiger partial charge in [-0.25, -0.2) is 9.97 Å². The second kappa shape index (κ2) is 8.42. The number of aromatic amines is 1. The molecule has 0 saturated carbocycles. The predicted octanol–water partition coefficient (Wildman–Crippen LogP) is 1.20. The highest BCUT2D eigenvalue weighted by Gasteiger charge is 2.16. The summed E-state index contributed by atoms with van der Waals surface area (Å²) in [6, 6.07) is 7.74. The highest BCUT2D eigenvalue weighted by Crippen LogP contribution is 2.29. The lowest BCUT2D eigenvalue weighted by Gasteiger charge is -2.25. The van der Waals surface area contributed by atoms with Crippen molar-refractivity contribution in [2.24, 2.45) is 0 Å². The van der Waals surface area contributed by atoms with Crippen molar-refractivity contribution in [3.8, 4) is 0 Å². The van der Waals surface area contributed by atoms with Crippen molar-refractivity contribution in [2.75, 3.05) is 44.4 Å². The molecule has 4 rings (SSSR count). The van der Waals surface area contributed by atoms with Gasteiger partial charge in [0.05, 0.1) is 17.6 Å². The molecule has 3 aromatic rings. The number of H-pyrrole nitrogens is 1. The van der Waals surface area contributed by atoms with Crippen LogP contribution >= 0.6 is 0 Å². The van der Waals surface area contributed by atoms with Crippen LogP contribution in [0.15, 0.2) is 36.7 Å². The Bertz CT molecular complexity index is 1060. The number of nitrogen functional groups attached to an aromatic ring is 1. The Hall–Kier alpha value is -3.23. The maximum Gasteiger partial charge on any atom is 0.169 e. The minimum Gasteiger partial charge on any atom is -0.398 e. The fourth-order valence-corrected chi connectivity index (χ4v) is 3.53. The standard InChI is InChI=1S/C21H25N7O/c1-29-9-8-28-6-4-14(5-7-28)19-11-17-20(24-13-25-21(17)27-19)26-16-2-3-18(23)15(10-16)12-22/h2-4,10-13,22H,5-9,23H2,1H3,(H2,24,25,26,27)/p+1. The van der Waals surface area contributed by atoms with E-state index in [1.807, 2.05) is 18.2 Å². The molecule has 0 fully saturated rings. The van der Waals surface area contributed by atoms with Crippen LogP contribution in [0.3, 0.4) is 0 Å². The van der Waals surface area contributed by atoms with Gasteiger partial charge in [0.2, 0.25) is 0 Å². The molecule has 8 heteroatoms. The average Bonchev–Trinajstić information content (AvgIpc) is 3.19. The molecule has 29 heavy (non-hydrogen) atoms. The number of nitrogens with one attached hydrogen (secondary N) is 2. The van der Waals surface area contributed by atoms with Crippen LogP contribution in [0.2, 0.25) is 0 Å². The number of hydrogen-bond acceptors (Lipinski definition) is 6. The van der Waals surface area contributed by atoms with Crippen LogP contribution in [-0.4, -0.2) is 59.4 Å². The summed E-state index contributed by atoms with van der Waals surface area (Å²) in [5.74, 6) is 0.739. The number of methoxy groups -OCH3 is 1. The number of rotatable bonds is 7. The summed E-state index contributed by atoms with van der Waals surface area (Å²) in [4.78, 5) is 14.6. The number of nitrogens with two attached hydrogens (primary N) is 2. The van der Waals surface area contributed by atoms with E-state index in [1.54, 1.807) is 13.4 Å².